The highest BCUT2D eigenvalue weighted by molar-refractivity contribution is 5.93. The van der Waals surface area contributed by atoms with Gasteiger partial charge in [-0.1, -0.05) is 0 Å². The van der Waals surface area contributed by atoms with E-state index in [0.717, 1.165) is 32.7 Å². The number of nitrogens with zero attached hydrogens (tertiary/aromatic N) is 2. The van der Waals surface area contributed by atoms with E-state index in [-0.39, 0.29) is 5.91 Å². The molecular weight excluding hydrogens is 216 g/mol. The third-order valence-electron chi connectivity index (χ3n) is 3.17. The first-order chi connectivity index (χ1) is 8.25. The minimum Gasteiger partial charge on any atom is -0.367 e. The van der Waals surface area contributed by atoms with Crippen LogP contribution in [0.3, 0.4) is 0 Å². The van der Waals surface area contributed by atoms with E-state index in [4.69, 9.17) is 0 Å². The fourth-order valence-corrected chi connectivity index (χ4v) is 1.97. The number of aromatic amines is 1. The highest BCUT2D eigenvalue weighted by Crippen LogP contribution is 1.98. The second-order valence-electron chi connectivity index (χ2n) is 4.50. The number of hydrogen-bond donors (Lipinski definition) is 2. The molecule has 1 saturated heterocycles. The largest absolute Gasteiger partial charge is 0.367 e. The van der Waals surface area contributed by atoms with E-state index in [2.05, 4.69) is 27.1 Å². The Balaban J connectivity index is 1.64. The minimum absolute atomic E-state index is 0.000350. The molecule has 2 heterocycles. The Labute approximate surface area is 102 Å². The third-order valence-corrected chi connectivity index (χ3v) is 3.17. The highest BCUT2D eigenvalue weighted by atomic mass is 16.1. The van der Waals surface area contributed by atoms with E-state index in [1.54, 1.807) is 18.5 Å². The summed E-state index contributed by atoms with van der Waals surface area (Å²) < 4.78 is 0. The van der Waals surface area contributed by atoms with Gasteiger partial charge in [-0.25, -0.2) is 0 Å². The van der Waals surface area contributed by atoms with Gasteiger partial charge in [0.2, 0.25) is 0 Å². The molecule has 2 N–H and O–H groups in total. The molecule has 5 nitrogen and oxygen atoms in total. The number of carbonyl (C=O) groups is 1. The summed E-state index contributed by atoms with van der Waals surface area (Å²) in [7, 11) is 2.14. The highest BCUT2D eigenvalue weighted by Gasteiger charge is 2.13. The van der Waals surface area contributed by atoms with Crippen LogP contribution in [0.4, 0.5) is 0 Å². The molecule has 0 unspecified atom stereocenters. The van der Waals surface area contributed by atoms with E-state index in [9.17, 15) is 4.79 Å². The monoisotopic (exact) mass is 236 g/mol. The first-order valence-corrected chi connectivity index (χ1v) is 6.07. The average Bonchev–Trinajstić information content (AvgIpc) is 2.85. The van der Waals surface area contributed by atoms with Gasteiger partial charge in [0.25, 0.3) is 5.91 Å². The Bertz CT molecular complexity index is 341. The van der Waals surface area contributed by atoms with Gasteiger partial charge in [-0.05, 0) is 13.1 Å². The van der Waals surface area contributed by atoms with Crippen molar-refractivity contribution in [2.45, 2.75) is 0 Å². The molecule has 1 aliphatic rings. The van der Waals surface area contributed by atoms with Gasteiger partial charge in [0.1, 0.15) is 0 Å². The predicted molar refractivity (Wildman–Crippen MR) is 67.1 cm³/mol. The minimum atomic E-state index is 0.000350. The van der Waals surface area contributed by atoms with Crippen molar-refractivity contribution in [3.8, 4) is 0 Å². The summed E-state index contributed by atoms with van der Waals surface area (Å²) >= 11 is 0. The molecule has 0 bridgehead atoms. The second kappa shape index (κ2) is 5.84. The standard InChI is InChI=1S/C12H20N4O/c1-15-6-8-16(9-7-15)5-4-14-12(17)11-2-3-13-10-11/h2-3,10,13H,4-9H2,1H3,(H,14,17). The molecule has 0 aromatic carbocycles. The van der Waals surface area contributed by atoms with Crippen LogP contribution in [-0.2, 0) is 0 Å². The van der Waals surface area contributed by atoms with Crippen molar-refractivity contribution >= 4 is 5.91 Å². The molecule has 1 amide bonds. The van der Waals surface area contributed by atoms with Crippen molar-refractivity contribution in [1.29, 1.82) is 0 Å². The summed E-state index contributed by atoms with van der Waals surface area (Å²) in [5.41, 5.74) is 0.698. The number of piperazine rings is 1. The molecule has 0 aliphatic carbocycles. The number of hydrogen-bond acceptors (Lipinski definition) is 3. The smallest absolute Gasteiger partial charge is 0.252 e. The Kier molecular flexibility index (Phi) is 4.17. The molecule has 5 heteroatoms. The van der Waals surface area contributed by atoms with Gasteiger partial charge in [0, 0.05) is 51.7 Å². The molecule has 94 valence electrons. The zero-order chi connectivity index (χ0) is 12.1. The second-order valence-corrected chi connectivity index (χ2v) is 4.50. The number of rotatable bonds is 4. The normalized spacial score (nSPS) is 18.2. The summed E-state index contributed by atoms with van der Waals surface area (Å²) in [6, 6.07) is 1.78. The van der Waals surface area contributed by atoms with E-state index < -0.39 is 0 Å². The Morgan fingerprint density at radius 3 is 2.82 bits per heavy atom. The molecule has 1 aromatic rings. The number of amides is 1. The van der Waals surface area contributed by atoms with Crippen LogP contribution in [0.5, 0.6) is 0 Å². The summed E-state index contributed by atoms with van der Waals surface area (Å²) in [6.45, 7) is 6.07. The topological polar surface area (TPSA) is 51.4 Å². The summed E-state index contributed by atoms with van der Waals surface area (Å²) in [4.78, 5) is 19.2. The van der Waals surface area contributed by atoms with Crippen LogP contribution >= 0.6 is 0 Å². The lowest BCUT2D eigenvalue weighted by atomic mass is 10.3. The van der Waals surface area contributed by atoms with Gasteiger partial charge in [-0.3, -0.25) is 9.69 Å². The van der Waals surface area contributed by atoms with Crippen molar-refractivity contribution in [2.75, 3.05) is 46.3 Å². The van der Waals surface area contributed by atoms with Gasteiger partial charge in [0.05, 0.1) is 5.56 Å². The SMILES string of the molecule is CN1CCN(CCNC(=O)c2cc[nH]c2)CC1. The number of likely N-dealkylation sites (N-methyl/N-ethyl adjacent to an activating group) is 1. The predicted octanol–water partition coefficient (Wildman–Crippen LogP) is -0.00810. The molecule has 1 aliphatic heterocycles. The summed E-state index contributed by atoms with van der Waals surface area (Å²) in [5, 5.41) is 2.93. The maximum Gasteiger partial charge on any atom is 0.252 e. The number of nitrogens with one attached hydrogen (secondary N) is 2. The van der Waals surface area contributed by atoms with Crippen molar-refractivity contribution in [1.82, 2.24) is 20.1 Å². The first kappa shape index (κ1) is 12.1. The van der Waals surface area contributed by atoms with E-state index in [1.807, 2.05) is 0 Å². The van der Waals surface area contributed by atoms with Crippen molar-refractivity contribution in [2.24, 2.45) is 0 Å². The Morgan fingerprint density at radius 1 is 1.41 bits per heavy atom. The Morgan fingerprint density at radius 2 is 2.18 bits per heavy atom. The molecule has 0 saturated carbocycles. The molecule has 0 atom stereocenters. The fourth-order valence-electron chi connectivity index (χ4n) is 1.97. The molecule has 1 fully saturated rings. The average molecular weight is 236 g/mol. The van der Waals surface area contributed by atoms with Crippen molar-refractivity contribution in [3.63, 3.8) is 0 Å². The molecule has 0 radical (unpaired) electrons. The van der Waals surface area contributed by atoms with Crippen LogP contribution in [0.2, 0.25) is 0 Å². The van der Waals surface area contributed by atoms with E-state index in [1.165, 1.54) is 0 Å². The zero-order valence-electron chi connectivity index (χ0n) is 10.3. The van der Waals surface area contributed by atoms with Crippen LogP contribution < -0.4 is 5.32 Å². The maximum absolute atomic E-state index is 11.6. The van der Waals surface area contributed by atoms with E-state index >= 15 is 0 Å². The molecular formula is C12H20N4O. The van der Waals surface area contributed by atoms with Gasteiger partial charge in [0.15, 0.2) is 0 Å². The van der Waals surface area contributed by atoms with Gasteiger partial charge in [-0.2, -0.15) is 0 Å². The van der Waals surface area contributed by atoms with Crippen LogP contribution in [0.25, 0.3) is 0 Å². The van der Waals surface area contributed by atoms with Crippen molar-refractivity contribution < 1.29 is 4.79 Å². The maximum atomic E-state index is 11.6. The molecule has 1 aromatic heterocycles. The van der Waals surface area contributed by atoms with Crippen molar-refractivity contribution in [3.05, 3.63) is 24.0 Å². The van der Waals surface area contributed by atoms with Crippen LogP contribution in [0, 0.1) is 0 Å². The summed E-state index contributed by atoms with van der Waals surface area (Å²) in [5.74, 6) is 0.000350. The number of H-pyrrole nitrogens is 1. The van der Waals surface area contributed by atoms with Crippen LogP contribution in [0.15, 0.2) is 18.5 Å². The van der Waals surface area contributed by atoms with Crippen LogP contribution in [-0.4, -0.2) is 67.0 Å². The molecule has 0 spiro atoms. The quantitative estimate of drug-likeness (QED) is 0.773. The zero-order valence-corrected chi connectivity index (χ0v) is 10.3. The molecule has 17 heavy (non-hydrogen) atoms. The van der Waals surface area contributed by atoms with E-state index in [0.29, 0.717) is 12.1 Å². The van der Waals surface area contributed by atoms with Gasteiger partial charge < -0.3 is 15.2 Å². The van der Waals surface area contributed by atoms with Gasteiger partial charge >= 0.3 is 0 Å². The Hall–Kier alpha value is -1.33. The lowest BCUT2D eigenvalue weighted by molar-refractivity contribution is 0.0941. The third kappa shape index (κ3) is 3.57. The fraction of sp³-hybridized carbons (Fsp3) is 0.583. The lowest BCUT2D eigenvalue weighted by Gasteiger charge is -2.32. The number of carbonyl (C=O) groups excluding carboxylic acids is 1. The van der Waals surface area contributed by atoms with Gasteiger partial charge in [-0.15, -0.1) is 0 Å². The van der Waals surface area contributed by atoms with Crippen LogP contribution in [0.1, 0.15) is 10.4 Å². The molecule has 2 rings (SSSR count). The first-order valence-electron chi connectivity index (χ1n) is 6.07. The number of aromatic nitrogens is 1. The summed E-state index contributed by atoms with van der Waals surface area (Å²) in [6.07, 6.45) is 3.47. The lowest BCUT2D eigenvalue weighted by Crippen LogP contribution is -2.46.